The van der Waals surface area contributed by atoms with Crippen molar-refractivity contribution in [2.75, 3.05) is 23.2 Å². The molecule has 1 saturated heterocycles. The van der Waals surface area contributed by atoms with Crippen molar-refractivity contribution >= 4 is 39.3 Å². The second kappa shape index (κ2) is 8.89. The lowest BCUT2D eigenvalue weighted by molar-refractivity contribution is -0.157. The van der Waals surface area contributed by atoms with E-state index in [1.807, 2.05) is 0 Å². The zero-order chi connectivity index (χ0) is 23.9. The summed E-state index contributed by atoms with van der Waals surface area (Å²) in [6, 6.07) is 3.64. The van der Waals surface area contributed by atoms with E-state index in [4.69, 9.17) is 4.74 Å². The maximum absolute atomic E-state index is 12.7. The van der Waals surface area contributed by atoms with Crippen LogP contribution < -0.4 is 4.31 Å². The van der Waals surface area contributed by atoms with Crippen LogP contribution in [0.1, 0.15) is 55.5 Å². The molecule has 2 amide bonds. The smallest absolute Gasteiger partial charge is 0.329 e. The van der Waals surface area contributed by atoms with Gasteiger partial charge in [0.25, 0.3) is 0 Å². The summed E-state index contributed by atoms with van der Waals surface area (Å²) in [5.74, 6) is -2.62. The average molecular weight is 477 g/mol. The van der Waals surface area contributed by atoms with E-state index >= 15 is 0 Å². The van der Waals surface area contributed by atoms with Gasteiger partial charge in [-0.15, -0.1) is 0 Å². The van der Waals surface area contributed by atoms with Crippen molar-refractivity contribution < 1.29 is 32.3 Å². The van der Waals surface area contributed by atoms with E-state index in [2.05, 4.69) is 0 Å². The number of hydrogen-bond acceptors (Lipinski definition) is 7. The topological polar surface area (TPSA) is 118 Å². The number of imide groups is 1. The van der Waals surface area contributed by atoms with E-state index in [1.165, 1.54) is 17.3 Å². The van der Waals surface area contributed by atoms with Gasteiger partial charge < -0.3 is 4.74 Å². The Hall–Kier alpha value is -2.75. The first kappa shape index (κ1) is 23.4. The van der Waals surface area contributed by atoms with E-state index in [0.717, 1.165) is 23.3 Å². The first-order valence-electron chi connectivity index (χ1n) is 11.4. The molecule has 2 aliphatic heterocycles. The number of ether oxygens (including phenoxy) is 1. The number of likely N-dealkylation sites (tertiary alicyclic amines) is 1. The van der Waals surface area contributed by atoms with Gasteiger partial charge in [0.2, 0.25) is 21.8 Å². The fourth-order valence-corrected chi connectivity index (χ4v) is 6.16. The van der Waals surface area contributed by atoms with Gasteiger partial charge in [-0.2, -0.15) is 0 Å². The molecule has 9 nitrogen and oxygen atoms in total. The molecular formula is C23H28N2O7S. The molecule has 0 aromatic heterocycles. The predicted molar refractivity (Wildman–Crippen MR) is 119 cm³/mol. The van der Waals surface area contributed by atoms with Crippen LogP contribution in [0, 0.1) is 11.8 Å². The number of Topliss-reactive ketones (excluding diaryl/α,β-unsaturated/α-hetero) is 1. The summed E-state index contributed by atoms with van der Waals surface area (Å²) in [6.45, 7) is 2.83. The third kappa shape index (κ3) is 4.16. The zero-order valence-corrected chi connectivity index (χ0v) is 19.6. The molecule has 1 aromatic rings. The summed E-state index contributed by atoms with van der Waals surface area (Å²) in [5.41, 5.74) is 1.62. The van der Waals surface area contributed by atoms with Crippen LogP contribution in [-0.4, -0.2) is 61.8 Å². The molecule has 4 rings (SSSR count). The Morgan fingerprint density at radius 3 is 2.36 bits per heavy atom. The number of ketones is 1. The molecule has 0 radical (unpaired) electrons. The Kier molecular flexibility index (Phi) is 6.30. The number of carbonyl (C=O) groups is 4. The molecule has 178 valence electrons. The Balaban J connectivity index is 1.39. The molecule has 3 atom stereocenters. The number of nitrogens with zero attached hydrogens (tertiary/aromatic N) is 2. The number of hydrogen-bond donors (Lipinski definition) is 0. The van der Waals surface area contributed by atoms with Gasteiger partial charge in [0.15, 0.2) is 12.4 Å². The third-order valence-corrected chi connectivity index (χ3v) is 8.68. The molecule has 2 fully saturated rings. The van der Waals surface area contributed by atoms with E-state index in [0.29, 0.717) is 37.1 Å². The fraction of sp³-hybridized carbons (Fsp3) is 0.565. The monoisotopic (exact) mass is 476 g/mol. The maximum atomic E-state index is 12.7. The van der Waals surface area contributed by atoms with E-state index in [9.17, 15) is 27.6 Å². The van der Waals surface area contributed by atoms with E-state index in [1.54, 1.807) is 19.1 Å². The standard InChI is InChI=1S/C23H28N2O7S/c1-3-33(30,31)24-11-10-15-12-16(8-9-19(15)24)20(26)13-32-23(29)14(2)25-21(27)17-6-4-5-7-18(17)22(25)28/h8-9,12,14,17-18H,3-7,10-11,13H2,1-2H3/t14-,17?,18?/m0/s1. The van der Waals surface area contributed by atoms with Crippen molar-refractivity contribution in [2.24, 2.45) is 11.8 Å². The van der Waals surface area contributed by atoms with Crippen molar-refractivity contribution in [3.63, 3.8) is 0 Å². The normalized spacial score (nSPS) is 23.3. The Morgan fingerprint density at radius 1 is 1.12 bits per heavy atom. The van der Waals surface area contributed by atoms with Crippen LogP contribution in [0.3, 0.4) is 0 Å². The third-order valence-electron chi connectivity index (χ3n) is 6.90. The van der Waals surface area contributed by atoms with Gasteiger partial charge in [-0.3, -0.25) is 23.6 Å². The van der Waals surface area contributed by atoms with E-state index in [-0.39, 0.29) is 29.4 Å². The van der Waals surface area contributed by atoms with Crippen LogP contribution in [0.4, 0.5) is 5.69 Å². The van der Waals surface area contributed by atoms with Crippen LogP contribution in [0.5, 0.6) is 0 Å². The summed E-state index contributed by atoms with van der Waals surface area (Å²) >= 11 is 0. The average Bonchev–Trinajstić information content (AvgIpc) is 3.36. The molecule has 1 saturated carbocycles. The van der Waals surface area contributed by atoms with E-state index < -0.39 is 34.4 Å². The highest BCUT2D eigenvalue weighted by Gasteiger charge is 2.51. The summed E-state index contributed by atoms with van der Waals surface area (Å²) in [4.78, 5) is 51.5. The van der Waals surface area contributed by atoms with Crippen molar-refractivity contribution in [1.29, 1.82) is 0 Å². The highest BCUT2D eigenvalue weighted by molar-refractivity contribution is 7.92. The van der Waals surface area contributed by atoms with Crippen LogP contribution in [0.2, 0.25) is 0 Å². The molecule has 0 spiro atoms. The van der Waals surface area contributed by atoms with Crippen LogP contribution in [-0.2, 0) is 35.6 Å². The second-order valence-corrected chi connectivity index (χ2v) is 11.0. The Morgan fingerprint density at radius 2 is 1.76 bits per heavy atom. The van der Waals surface area contributed by atoms with Crippen LogP contribution in [0.15, 0.2) is 18.2 Å². The molecule has 10 heteroatoms. The van der Waals surface area contributed by atoms with Crippen LogP contribution in [0.25, 0.3) is 0 Å². The number of esters is 1. The zero-order valence-electron chi connectivity index (χ0n) is 18.8. The quantitative estimate of drug-likeness (QED) is 0.334. The van der Waals surface area contributed by atoms with Gasteiger partial charge in [0.1, 0.15) is 6.04 Å². The minimum absolute atomic E-state index is 0.00915. The minimum atomic E-state index is -3.38. The van der Waals surface area contributed by atoms with Gasteiger partial charge in [-0.1, -0.05) is 12.8 Å². The second-order valence-electron chi connectivity index (χ2n) is 8.82. The van der Waals surface area contributed by atoms with Gasteiger partial charge in [-0.05, 0) is 56.9 Å². The number of amides is 2. The van der Waals surface area contributed by atoms with Crippen molar-refractivity contribution in [2.45, 2.75) is 52.0 Å². The molecule has 3 aliphatic rings. The molecule has 2 heterocycles. The number of sulfonamides is 1. The Labute approximate surface area is 193 Å². The summed E-state index contributed by atoms with van der Waals surface area (Å²) < 4.78 is 30.9. The molecule has 33 heavy (non-hydrogen) atoms. The lowest BCUT2D eigenvalue weighted by Gasteiger charge is -2.21. The molecule has 1 aromatic carbocycles. The summed E-state index contributed by atoms with van der Waals surface area (Å²) in [7, 11) is -3.38. The first-order chi connectivity index (χ1) is 15.7. The summed E-state index contributed by atoms with van der Waals surface area (Å²) in [6.07, 6.45) is 3.59. The van der Waals surface area contributed by atoms with Gasteiger partial charge in [-0.25, -0.2) is 13.2 Å². The SMILES string of the molecule is CCS(=O)(=O)N1CCc2cc(C(=O)COC(=O)[C@H](C)N3C(=O)C4CCCCC4C3=O)ccc21. The number of benzene rings is 1. The number of fused-ring (bicyclic) bond motifs is 2. The fourth-order valence-electron chi connectivity index (χ4n) is 5.01. The molecule has 1 aliphatic carbocycles. The lowest BCUT2D eigenvalue weighted by Crippen LogP contribution is -2.44. The lowest BCUT2D eigenvalue weighted by atomic mass is 9.81. The number of anilines is 1. The molecule has 2 unspecified atom stereocenters. The number of carbonyl (C=O) groups excluding carboxylic acids is 4. The number of rotatable bonds is 7. The first-order valence-corrected chi connectivity index (χ1v) is 13.0. The van der Waals surface area contributed by atoms with Crippen molar-refractivity contribution in [3.05, 3.63) is 29.3 Å². The highest BCUT2D eigenvalue weighted by Crippen LogP contribution is 2.39. The Bertz CT molecular complexity index is 1090. The molecular weight excluding hydrogens is 448 g/mol. The van der Waals surface area contributed by atoms with Crippen LogP contribution >= 0.6 is 0 Å². The largest absolute Gasteiger partial charge is 0.456 e. The van der Waals surface area contributed by atoms with Gasteiger partial charge >= 0.3 is 5.97 Å². The predicted octanol–water partition coefficient (Wildman–Crippen LogP) is 1.69. The minimum Gasteiger partial charge on any atom is -0.456 e. The van der Waals surface area contributed by atoms with Gasteiger partial charge in [0.05, 0.1) is 23.3 Å². The summed E-state index contributed by atoms with van der Waals surface area (Å²) in [5, 5.41) is 0. The maximum Gasteiger partial charge on any atom is 0.329 e. The molecule has 0 bridgehead atoms. The van der Waals surface area contributed by atoms with Crippen molar-refractivity contribution in [3.8, 4) is 0 Å². The highest BCUT2D eigenvalue weighted by atomic mass is 32.2. The van der Waals surface area contributed by atoms with Crippen molar-refractivity contribution in [1.82, 2.24) is 4.90 Å². The van der Waals surface area contributed by atoms with Gasteiger partial charge in [0, 0.05) is 12.1 Å². The molecule has 0 N–H and O–H groups in total.